The Kier molecular flexibility index (Phi) is 6.23. The van der Waals surface area contributed by atoms with Crippen LogP contribution in [0, 0.1) is 0 Å². The average Bonchev–Trinajstić information content (AvgIpc) is 3.32. The minimum absolute atomic E-state index is 0.0479. The van der Waals surface area contributed by atoms with Crippen molar-refractivity contribution in [2.75, 3.05) is 18.5 Å². The summed E-state index contributed by atoms with van der Waals surface area (Å²) >= 11 is 5.92. The molecule has 33 heavy (non-hydrogen) atoms. The first-order chi connectivity index (χ1) is 15.9. The number of hydrogen-bond donors (Lipinski definition) is 1. The number of carbonyl (C=O) groups excluding carboxylic acids is 4. The summed E-state index contributed by atoms with van der Waals surface area (Å²) in [6.45, 7) is 1.62. The van der Waals surface area contributed by atoms with Gasteiger partial charge in [0.2, 0.25) is 11.8 Å². The summed E-state index contributed by atoms with van der Waals surface area (Å²) in [4.78, 5) is 51.0. The molecule has 0 saturated heterocycles. The van der Waals surface area contributed by atoms with Gasteiger partial charge in [-0.05, 0) is 31.2 Å². The Balaban J connectivity index is 1.50. The largest absolute Gasteiger partial charge is 0.462 e. The molecular weight excluding hydrogens is 450 g/mol. The highest BCUT2D eigenvalue weighted by atomic mass is 35.5. The highest BCUT2D eigenvalue weighted by Gasteiger charge is 2.35. The van der Waals surface area contributed by atoms with E-state index >= 15 is 0 Å². The fourth-order valence-electron chi connectivity index (χ4n) is 3.42. The molecule has 1 aliphatic rings. The van der Waals surface area contributed by atoms with E-state index in [0.29, 0.717) is 21.7 Å². The lowest BCUT2D eigenvalue weighted by Gasteiger charge is -2.13. The first kappa shape index (κ1) is 22.2. The monoisotopic (exact) mass is 467 g/mol. The smallest absolute Gasteiger partial charge is 0.346 e. The van der Waals surface area contributed by atoms with Crippen molar-refractivity contribution in [3.8, 4) is 11.3 Å². The van der Waals surface area contributed by atoms with Gasteiger partial charge in [0.1, 0.15) is 5.69 Å². The number of rotatable bonds is 7. The van der Waals surface area contributed by atoms with Gasteiger partial charge >= 0.3 is 5.97 Å². The predicted molar refractivity (Wildman–Crippen MR) is 118 cm³/mol. The number of esters is 1. The molecule has 1 aromatic heterocycles. The molecule has 0 fully saturated rings. The number of benzene rings is 2. The molecule has 2 aromatic carbocycles. The van der Waals surface area contributed by atoms with Gasteiger partial charge in [0.05, 0.1) is 17.7 Å². The van der Waals surface area contributed by atoms with Gasteiger partial charge in [0.25, 0.3) is 11.8 Å². The second-order valence-corrected chi connectivity index (χ2v) is 7.50. The molecule has 168 valence electrons. The summed E-state index contributed by atoms with van der Waals surface area (Å²) in [5.74, 6) is -2.40. The normalized spacial score (nSPS) is 12.6. The lowest BCUT2D eigenvalue weighted by molar-refractivity contribution is -0.116. The van der Waals surface area contributed by atoms with Gasteiger partial charge in [-0.1, -0.05) is 41.0 Å². The number of nitrogens with zero attached hydrogens (tertiary/aromatic N) is 2. The van der Waals surface area contributed by atoms with E-state index in [1.54, 1.807) is 55.5 Å². The average molecular weight is 468 g/mol. The van der Waals surface area contributed by atoms with Gasteiger partial charge in [-0.3, -0.25) is 24.6 Å². The molecule has 3 amide bonds. The Morgan fingerprint density at radius 2 is 1.70 bits per heavy atom. The third kappa shape index (κ3) is 4.35. The van der Waals surface area contributed by atoms with Gasteiger partial charge in [-0.15, -0.1) is 0 Å². The summed E-state index contributed by atoms with van der Waals surface area (Å²) in [5.41, 5.74) is 1.28. The molecule has 4 rings (SSSR count). The number of amides is 3. The van der Waals surface area contributed by atoms with E-state index in [0.717, 1.165) is 4.90 Å². The van der Waals surface area contributed by atoms with Crippen LogP contribution in [0.1, 0.15) is 44.4 Å². The van der Waals surface area contributed by atoms with Crippen LogP contribution in [-0.4, -0.2) is 46.9 Å². The molecule has 0 atom stereocenters. The molecule has 2 heterocycles. The summed E-state index contributed by atoms with van der Waals surface area (Å²) in [5, 5.41) is 6.89. The molecule has 3 aromatic rings. The van der Waals surface area contributed by atoms with Crippen LogP contribution in [0.4, 0.5) is 5.88 Å². The summed E-state index contributed by atoms with van der Waals surface area (Å²) in [6, 6.07) is 13.0. The van der Waals surface area contributed by atoms with E-state index in [1.807, 2.05) is 0 Å². The minimum Gasteiger partial charge on any atom is -0.462 e. The Hall–Kier alpha value is -3.98. The molecule has 1 aliphatic heterocycles. The number of fused-ring (bicyclic) bond motifs is 1. The van der Waals surface area contributed by atoms with Crippen LogP contribution < -0.4 is 5.32 Å². The quantitative estimate of drug-likeness (QED) is 0.414. The van der Waals surface area contributed by atoms with E-state index < -0.39 is 23.7 Å². The standard InChI is InChI=1S/C23H18ClN3O6/c1-2-32-23(31)18-19(13-7-9-14(24)10-8-13)26-33-20(18)25-17(28)11-12-27-21(29)15-5-3-4-6-16(15)22(27)30/h3-10H,2,11-12H2,1H3,(H,25,28). The molecule has 1 N–H and O–H groups in total. The fraction of sp³-hybridized carbons (Fsp3) is 0.174. The first-order valence-electron chi connectivity index (χ1n) is 10.1. The molecule has 0 saturated carbocycles. The summed E-state index contributed by atoms with van der Waals surface area (Å²) in [6.07, 6.45) is -0.204. The van der Waals surface area contributed by atoms with E-state index in [2.05, 4.69) is 10.5 Å². The van der Waals surface area contributed by atoms with Gasteiger partial charge in [0, 0.05) is 23.6 Å². The van der Waals surface area contributed by atoms with Crippen molar-refractivity contribution < 1.29 is 28.4 Å². The SMILES string of the molecule is CCOC(=O)c1c(-c2ccc(Cl)cc2)noc1NC(=O)CCN1C(=O)c2ccccc2C1=O. The van der Waals surface area contributed by atoms with Gasteiger partial charge in [-0.25, -0.2) is 4.79 Å². The third-order valence-corrected chi connectivity index (χ3v) is 5.23. The predicted octanol–water partition coefficient (Wildman–Crippen LogP) is 3.80. The Morgan fingerprint density at radius 3 is 2.30 bits per heavy atom. The molecule has 0 aliphatic carbocycles. The van der Waals surface area contributed by atoms with E-state index in [4.69, 9.17) is 20.9 Å². The lowest BCUT2D eigenvalue weighted by Crippen LogP contribution is -2.33. The summed E-state index contributed by atoms with van der Waals surface area (Å²) < 4.78 is 10.3. The zero-order valence-corrected chi connectivity index (χ0v) is 18.2. The zero-order chi connectivity index (χ0) is 23.5. The molecule has 0 radical (unpaired) electrons. The molecule has 9 nitrogen and oxygen atoms in total. The van der Waals surface area contributed by atoms with Crippen molar-refractivity contribution >= 4 is 41.2 Å². The van der Waals surface area contributed by atoms with Gasteiger partial charge < -0.3 is 9.26 Å². The highest BCUT2D eigenvalue weighted by molar-refractivity contribution is 6.30. The second kappa shape index (κ2) is 9.25. The maximum atomic E-state index is 12.6. The number of halogens is 1. The third-order valence-electron chi connectivity index (χ3n) is 4.98. The minimum atomic E-state index is -0.723. The number of carbonyl (C=O) groups is 4. The maximum Gasteiger partial charge on any atom is 0.346 e. The molecule has 0 spiro atoms. The lowest BCUT2D eigenvalue weighted by atomic mass is 10.1. The van der Waals surface area contributed by atoms with Crippen molar-refractivity contribution in [3.05, 3.63) is 70.2 Å². The van der Waals surface area contributed by atoms with Gasteiger partial charge in [-0.2, -0.15) is 0 Å². The van der Waals surface area contributed by atoms with Crippen molar-refractivity contribution in [1.82, 2.24) is 10.1 Å². The molecular formula is C23H18ClN3O6. The molecule has 10 heteroatoms. The van der Waals surface area contributed by atoms with Crippen molar-refractivity contribution in [1.29, 1.82) is 0 Å². The van der Waals surface area contributed by atoms with Crippen molar-refractivity contribution in [2.24, 2.45) is 0 Å². The Morgan fingerprint density at radius 1 is 1.06 bits per heavy atom. The second-order valence-electron chi connectivity index (χ2n) is 7.07. The van der Waals surface area contributed by atoms with Gasteiger partial charge in [0.15, 0.2) is 5.56 Å². The Bertz CT molecular complexity index is 1220. The zero-order valence-electron chi connectivity index (χ0n) is 17.5. The number of nitrogens with one attached hydrogen (secondary N) is 1. The molecule has 0 unspecified atom stereocenters. The van der Waals surface area contributed by atoms with Crippen LogP contribution in [0.5, 0.6) is 0 Å². The van der Waals surface area contributed by atoms with E-state index in [9.17, 15) is 19.2 Å². The number of aromatic nitrogens is 1. The number of hydrogen-bond acceptors (Lipinski definition) is 7. The van der Waals surface area contributed by atoms with E-state index in [1.165, 1.54) is 0 Å². The number of imide groups is 1. The number of anilines is 1. The van der Waals surface area contributed by atoms with Crippen molar-refractivity contribution in [3.63, 3.8) is 0 Å². The van der Waals surface area contributed by atoms with E-state index in [-0.39, 0.29) is 36.7 Å². The summed E-state index contributed by atoms with van der Waals surface area (Å²) in [7, 11) is 0. The first-order valence-corrected chi connectivity index (χ1v) is 10.5. The van der Waals surface area contributed by atoms with Crippen LogP contribution in [-0.2, 0) is 9.53 Å². The topological polar surface area (TPSA) is 119 Å². The van der Waals surface area contributed by atoms with Crippen LogP contribution >= 0.6 is 11.6 Å². The van der Waals surface area contributed by atoms with Crippen molar-refractivity contribution in [2.45, 2.75) is 13.3 Å². The number of ether oxygens (including phenoxy) is 1. The van der Waals surface area contributed by atoms with Crippen LogP contribution in [0.3, 0.4) is 0 Å². The fourth-order valence-corrected chi connectivity index (χ4v) is 3.54. The Labute approximate surface area is 193 Å². The van der Waals surface area contributed by atoms with Crippen LogP contribution in [0.2, 0.25) is 5.02 Å². The maximum absolute atomic E-state index is 12.6. The van der Waals surface area contributed by atoms with Crippen LogP contribution in [0.15, 0.2) is 53.1 Å². The molecule has 0 bridgehead atoms. The van der Waals surface area contributed by atoms with Crippen LogP contribution in [0.25, 0.3) is 11.3 Å². The highest BCUT2D eigenvalue weighted by Crippen LogP contribution is 2.31.